The zero-order valence-electron chi connectivity index (χ0n) is 14.8. The molecule has 1 N–H and O–H groups in total. The Morgan fingerprint density at radius 1 is 1.08 bits per heavy atom. The number of amides is 1. The molecule has 0 aromatic heterocycles. The Kier molecular flexibility index (Phi) is 3.98. The van der Waals surface area contributed by atoms with Crippen LogP contribution < -0.4 is 5.43 Å². The summed E-state index contributed by atoms with van der Waals surface area (Å²) in [5.41, 5.74) is 6.17. The van der Waals surface area contributed by atoms with Crippen molar-refractivity contribution in [3.05, 3.63) is 35.4 Å². The van der Waals surface area contributed by atoms with E-state index in [9.17, 15) is 4.79 Å². The van der Waals surface area contributed by atoms with Crippen molar-refractivity contribution in [3.8, 4) is 0 Å². The lowest BCUT2D eigenvalue weighted by Crippen LogP contribution is -2.49. The molecule has 0 unspecified atom stereocenters. The van der Waals surface area contributed by atoms with Crippen molar-refractivity contribution in [2.45, 2.75) is 58.8 Å². The molecule has 5 rings (SSSR count). The molecule has 1 aromatic carbocycles. The minimum Gasteiger partial charge on any atom is -0.267 e. The summed E-state index contributed by atoms with van der Waals surface area (Å²) in [7, 11) is 0. The van der Waals surface area contributed by atoms with Gasteiger partial charge >= 0.3 is 0 Å². The standard InChI is InChI=1S/C21H28N2O/c1-3-15-4-6-19(7-5-15)20(24)23-22-14(2)21-11-16-8-17(12-21)10-18(9-16)13-21/h4-7,16-18H,3,8-13H2,1-2H3,(H,23,24)/b22-14-. The second-order valence-electron chi connectivity index (χ2n) is 8.39. The smallest absolute Gasteiger partial charge is 0.267 e. The normalized spacial score (nSPS) is 34.4. The predicted molar refractivity (Wildman–Crippen MR) is 97.0 cm³/mol. The Balaban J connectivity index is 1.46. The van der Waals surface area contributed by atoms with Gasteiger partial charge in [-0.3, -0.25) is 4.79 Å². The van der Waals surface area contributed by atoms with E-state index in [1.165, 1.54) is 44.1 Å². The van der Waals surface area contributed by atoms with Gasteiger partial charge in [-0.25, -0.2) is 5.43 Å². The second kappa shape index (κ2) is 6.02. The molecule has 0 radical (unpaired) electrons. The van der Waals surface area contributed by atoms with Gasteiger partial charge in [-0.05, 0) is 87.3 Å². The molecule has 0 heterocycles. The van der Waals surface area contributed by atoms with Crippen LogP contribution in [0.5, 0.6) is 0 Å². The number of rotatable bonds is 4. The van der Waals surface area contributed by atoms with Crippen LogP contribution in [0.2, 0.25) is 0 Å². The highest BCUT2D eigenvalue weighted by molar-refractivity contribution is 5.96. The van der Waals surface area contributed by atoms with Gasteiger partial charge in [-0.15, -0.1) is 0 Å². The first-order chi connectivity index (χ1) is 11.6. The molecule has 0 aliphatic heterocycles. The third-order valence-electron chi connectivity index (χ3n) is 6.76. The number of hydrazone groups is 1. The number of aryl methyl sites for hydroxylation is 1. The minimum absolute atomic E-state index is 0.0956. The summed E-state index contributed by atoms with van der Waals surface area (Å²) in [6.07, 6.45) is 9.15. The minimum atomic E-state index is -0.0956. The van der Waals surface area contributed by atoms with Crippen LogP contribution in [-0.4, -0.2) is 11.6 Å². The molecule has 0 saturated heterocycles. The molecule has 4 aliphatic carbocycles. The maximum absolute atomic E-state index is 12.4. The fraction of sp³-hybridized carbons (Fsp3) is 0.619. The van der Waals surface area contributed by atoms with E-state index in [-0.39, 0.29) is 11.3 Å². The lowest BCUT2D eigenvalue weighted by Gasteiger charge is -2.56. The molecule has 4 aliphatic rings. The molecule has 1 amide bonds. The Hall–Kier alpha value is -1.64. The second-order valence-corrected chi connectivity index (χ2v) is 8.39. The summed E-state index contributed by atoms with van der Waals surface area (Å²) in [5.74, 6) is 2.61. The average Bonchev–Trinajstić information content (AvgIpc) is 2.58. The lowest BCUT2D eigenvalue weighted by molar-refractivity contribution is -0.0128. The van der Waals surface area contributed by atoms with E-state index >= 15 is 0 Å². The van der Waals surface area contributed by atoms with Gasteiger partial charge in [0, 0.05) is 16.7 Å². The largest absolute Gasteiger partial charge is 0.271 e. The first-order valence-corrected chi connectivity index (χ1v) is 9.52. The SMILES string of the molecule is CCc1ccc(C(=O)N/N=C(/C)C23CC4CC(CC(C4)C2)C3)cc1. The number of nitrogens with zero attached hydrogens (tertiary/aromatic N) is 1. The van der Waals surface area contributed by atoms with Gasteiger partial charge in [-0.1, -0.05) is 19.1 Å². The number of benzene rings is 1. The molecule has 4 saturated carbocycles. The molecule has 3 nitrogen and oxygen atoms in total. The van der Waals surface area contributed by atoms with Crippen molar-refractivity contribution in [3.63, 3.8) is 0 Å². The van der Waals surface area contributed by atoms with E-state index in [0.717, 1.165) is 29.9 Å². The number of hydrogen-bond donors (Lipinski definition) is 1. The van der Waals surface area contributed by atoms with Gasteiger partial charge in [0.1, 0.15) is 0 Å². The summed E-state index contributed by atoms with van der Waals surface area (Å²) < 4.78 is 0. The highest BCUT2D eigenvalue weighted by Crippen LogP contribution is 2.60. The molecule has 4 fully saturated rings. The maximum Gasteiger partial charge on any atom is 0.271 e. The van der Waals surface area contributed by atoms with Crippen LogP contribution in [-0.2, 0) is 6.42 Å². The highest BCUT2D eigenvalue weighted by atomic mass is 16.2. The molecule has 4 bridgehead atoms. The quantitative estimate of drug-likeness (QED) is 0.639. The molecule has 0 atom stereocenters. The summed E-state index contributed by atoms with van der Waals surface area (Å²) in [6, 6.07) is 7.82. The maximum atomic E-state index is 12.4. The van der Waals surface area contributed by atoms with Crippen molar-refractivity contribution in [1.82, 2.24) is 5.43 Å². The van der Waals surface area contributed by atoms with Crippen molar-refractivity contribution >= 4 is 11.6 Å². The Morgan fingerprint density at radius 2 is 1.62 bits per heavy atom. The van der Waals surface area contributed by atoms with Crippen LogP contribution in [0, 0.1) is 23.2 Å². The summed E-state index contributed by atoms with van der Waals surface area (Å²) in [5, 5.41) is 4.55. The van der Waals surface area contributed by atoms with Crippen molar-refractivity contribution in [2.24, 2.45) is 28.3 Å². The van der Waals surface area contributed by atoms with Gasteiger partial charge in [0.15, 0.2) is 0 Å². The van der Waals surface area contributed by atoms with Gasteiger partial charge < -0.3 is 0 Å². The first-order valence-electron chi connectivity index (χ1n) is 9.52. The Bertz CT molecular complexity index is 624. The molecule has 3 heteroatoms. The lowest BCUT2D eigenvalue weighted by atomic mass is 9.48. The van der Waals surface area contributed by atoms with Gasteiger partial charge in [0.2, 0.25) is 0 Å². The van der Waals surface area contributed by atoms with Gasteiger partial charge in [-0.2, -0.15) is 5.10 Å². The first kappa shape index (κ1) is 15.9. The monoisotopic (exact) mass is 324 g/mol. The van der Waals surface area contributed by atoms with Crippen LogP contribution >= 0.6 is 0 Å². The molecule has 24 heavy (non-hydrogen) atoms. The van der Waals surface area contributed by atoms with Crippen molar-refractivity contribution in [2.75, 3.05) is 0 Å². The van der Waals surface area contributed by atoms with Crippen LogP contribution in [0.1, 0.15) is 68.3 Å². The fourth-order valence-corrected chi connectivity index (χ4v) is 5.76. The van der Waals surface area contributed by atoms with Crippen molar-refractivity contribution in [1.29, 1.82) is 0 Å². The molecule has 128 valence electrons. The molecule has 1 aromatic rings. The third-order valence-corrected chi connectivity index (χ3v) is 6.76. The Labute approximate surface area is 144 Å². The van der Waals surface area contributed by atoms with Crippen LogP contribution in [0.4, 0.5) is 0 Å². The van der Waals surface area contributed by atoms with Crippen LogP contribution in [0.15, 0.2) is 29.4 Å². The predicted octanol–water partition coefficient (Wildman–Crippen LogP) is 4.57. The van der Waals surface area contributed by atoms with E-state index in [4.69, 9.17) is 0 Å². The van der Waals surface area contributed by atoms with Crippen LogP contribution in [0.3, 0.4) is 0 Å². The fourth-order valence-electron chi connectivity index (χ4n) is 5.76. The zero-order chi connectivity index (χ0) is 16.7. The molecular weight excluding hydrogens is 296 g/mol. The summed E-state index contributed by atoms with van der Waals surface area (Å²) in [4.78, 5) is 12.4. The Morgan fingerprint density at radius 3 is 2.12 bits per heavy atom. The van der Waals surface area contributed by atoms with E-state index in [0.29, 0.717) is 5.56 Å². The topological polar surface area (TPSA) is 41.5 Å². The van der Waals surface area contributed by atoms with E-state index in [1.54, 1.807) is 0 Å². The van der Waals surface area contributed by atoms with Gasteiger partial charge in [0.25, 0.3) is 5.91 Å². The number of hydrogen-bond acceptors (Lipinski definition) is 2. The van der Waals surface area contributed by atoms with E-state index in [2.05, 4.69) is 24.4 Å². The van der Waals surface area contributed by atoms with E-state index in [1.807, 2.05) is 24.3 Å². The third kappa shape index (κ3) is 2.78. The number of carbonyl (C=O) groups is 1. The summed E-state index contributed by atoms with van der Waals surface area (Å²) in [6.45, 7) is 4.25. The van der Waals surface area contributed by atoms with Gasteiger partial charge in [0.05, 0.1) is 0 Å². The molecule has 0 spiro atoms. The number of nitrogens with one attached hydrogen (secondary N) is 1. The highest BCUT2D eigenvalue weighted by Gasteiger charge is 2.52. The number of carbonyl (C=O) groups excluding carboxylic acids is 1. The summed E-state index contributed by atoms with van der Waals surface area (Å²) >= 11 is 0. The van der Waals surface area contributed by atoms with Crippen molar-refractivity contribution < 1.29 is 4.79 Å². The molecular formula is C21H28N2O. The van der Waals surface area contributed by atoms with E-state index < -0.39 is 0 Å². The van der Waals surface area contributed by atoms with Crippen LogP contribution in [0.25, 0.3) is 0 Å². The zero-order valence-corrected chi connectivity index (χ0v) is 14.8. The average molecular weight is 324 g/mol.